The first kappa shape index (κ1) is 11.0. The van der Waals surface area contributed by atoms with Crippen molar-refractivity contribution in [2.75, 3.05) is 12.3 Å². The third-order valence-corrected chi connectivity index (χ3v) is 3.59. The lowest BCUT2D eigenvalue weighted by Gasteiger charge is -2.07. The molecule has 0 fully saturated rings. The second kappa shape index (κ2) is 4.46. The van der Waals surface area contributed by atoms with Crippen molar-refractivity contribution in [3.8, 4) is 0 Å². The van der Waals surface area contributed by atoms with Gasteiger partial charge in [-0.05, 0) is 0 Å². The third kappa shape index (κ3) is 3.68. The van der Waals surface area contributed by atoms with Gasteiger partial charge in [-0.15, -0.1) is 0 Å². The van der Waals surface area contributed by atoms with Crippen LogP contribution in [-0.4, -0.2) is 26.8 Å². The summed E-state index contributed by atoms with van der Waals surface area (Å²) in [5, 5.41) is 4.61. The first-order valence-electron chi connectivity index (χ1n) is 3.62. The molecule has 1 unspecified atom stereocenters. The molecule has 1 heterocycles. The number of nitrogens with one attached hydrogen (secondary N) is 1. The van der Waals surface area contributed by atoms with Crippen LogP contribution < -0.4 is 5.32 Å². The van der Waals surface area contributed by atoms with Gasteiger partial charge in [0.2, 0.25) is 0 Å². The molecule has 0 spiro atoms. The van der Waals surface area contributed by atoms with Gasteiger partial charge in [0, 0.05) is 28.6 Å². The van der Waals surface area contributed by atoms with E-state index in [1.54, 1.807) is 6.08 Å². The smallest absolute Gasteiger partial charge is 0.173 e. The van der Waals surface area contributed by atoms with Crippen molar-refractivity contribution in [3.05, 3.63) is 22.1 Å². The van der Waals surface area contributed by atoms with Crippen LogP contribution in [0.2, 0.25) is 0 Å². The van der Waals surface area contributed by atoms with Crippen LogP contribution in [0, 0.1) is 0 Å². The quantitative estimate of drug-likeness (QED) is 0.809. The lowest BCUT2D eigenvalue weighted by molar-refractivity contribution is 0.597. The number of hydrogen-bond donors (Lipinski definition) is 1. The summed E-state index contributed by atoms with van der Waals surface area (Å²) in [5.41, 5.74) is 1.25. The van der Waals surface area contributed by atoms with E-state index in [9.17, 15) is 8.42 Å². The highest BCUT2D eigenvalue weighted by Gasteiger charge is 2.20. The number of hydrogen-bond acceptors (Lipinski definition) is 3. The minimum atomic E-state index is -2.99. The van der Waals surface area contributed by atoms with Gasteiger partial charge in [-0.2, -0.15) is 0 Å². The summed E-state index contributed by atoms with van der Waals surface area (Å²) in [7, 11) is -2.99. The van der Waals surface area contributed by atoms with Crippen molar-refractivity contribution in [3.63, 3.8) is 0 Å². The SMILES string of the molecule is O=S1(=O)C=CC(NCC(Cl)=CCl)C1. The molecule has 0 bridgehead atoms. The molecular weight excluding hydrogens is 233 g/mol. The lowest BCUT2D eigenvalue weighted by atomic mass is 10.3. The summed E-state index contributed by atoms with van der Waals surface area (Å²) >= 11 is 10.9. The van der Waals surface area contributed by atoms with Crippen LogP contribution in [-0.2, 0) is 9.84 Å². The molecule has 0 saturated carbocycles. The normalized spacial score (nSPS) is 26.6. The van der Waals surface area contributed by atoms with Crippen LogP contribution in [0.25, 0.3) is 0 Å². The molecule has 1 N–H and O–H groups in total. The molecule has 74 valence electrons. The summed E-state index contributed by atoms with van der Waals surface area (Å²) in [4.78, 5) is 0. The van der Waals surface area contributed by atoms with E-state index in [1.807, 2.05) is 0 Å². The van der Waals surface area contributed by atoms with E-state index in [-0.39, 0.29) is 11.8 Å². The Labute approximate surface area is 87.3 Å². The maximum atomic E-state index is 11.0. The molecule has 0 saturated heterocycles. The van der Waals surface area contributed by atoms with Crippen molar-refractivity contribution >= 4 is 33.0 Å². The number of halogens is 2. The summed E-state index contributed by atoms with van der Waals surface area (Å²) in [6.07, 6.45) is 1.60. The maximum Gasteiger partial charge on any atom is 0.173 e. The molecule has 13 heavy (non-hydrogen) atoms. The lowest BCUT2D eigenvalue weighted by Crippen LogP contribution is -2.30. The van der Waals surface area contributed by atoms with E-state index in [0.29, 0.717) is 11.6 Å². The van der Waals surface area contributed by atoms with Gasteiger partial charge in [-0.3, -0.25) is 0 Å². The molecule has 0 aromatic heterocycles. The van der Waals surface area contributed by atoms with Crippen molar-refractivity contribution < 1.29 is 8.42 Å². The molecule has 0 aliphatic carbocycles. The highest BCUT2D eigenvalue weighted by Crippen LogP contribution is 2.09. The molecule has 0 aromatic rings. The van der Waals surface area contributed by atoms with Crippen LogP contribution >= 0.6 is 23.2 Å². The van der Waals surface area contributed by atoms with Gasteiger partial charge in [0.25, 0.3) is 0 Å². The molecule has 1 rings (SSSR count). The largest absolute Gasteiger partial charge is 0.304 e. The second-order valence-electron chi connectivity index (χ2n) is 2.70. The third-order valence-electron chi connectivity index (χ3n) is 1.58. The van der Waals surface area contributed by atoms with Crippen LogP contribution in [0.15, 0.2) is 22.1 Å². The summed E-state index contributed by atoms with van der Waals surface area (Å²) in [5.74, 6) is 0.0967. The molecule has 3 nitrogen and oxygen atoms in total. The van der Waals surface area contributed by atoms with Gasteiger partial charge in [-0.1, -0.05) is 29.3 Å². The topological polar surface area (TPSA) is 46.2 Å². The molecule has 0 aromatic carbocycles. The highest BCUT2D eigenvalue weighted by atomic mass is 35.5. The van der Waals surface area contributed by atoms with E-state index in [0.717, 1.165) is 0 Å². The molecule has 0 radical (unpaired) electrons. The van der Waals surface area contributed by atoms with Crippen molar-refractivity contribution in [1.82, 2.24) is 5.32 Å². The fourth-order valence-corrected chi connectivity index (χ4v) is 2.39. The minimum absolute atomic E-state index is 0.0967. The standard InChI is InChI=1S/C7H9Cl2NO2S/c8-3-6(9)4-10-7-1-2-13(11,12)5-7/h1-3,7,10H,4-5H2. The summed E-state index contributed by atoms with van der Waals surface area (Å²) in [6.45, 7) is 0.385. The molecule has 1 aliphatic rings. The maximum absolute atomic E-state index is 11.0. The van der Waals surface area contributed by atoms with Crippen molar-refractivity contribution in [1.29, 1.82) is 0 Å². The zero-order valence-electron chi connectivity index (χ0n) is 6.70. The first-order chi connectivity index (χ1) is 6.03. The fraction of sp³-hybridized carbons (Fsp3) is 0.429. The zero-order chi connectivity index (χ0) is 9.90. The predicted molar refractivity (Wildman–Crippen MR) is 54.5 cm³/mol. The van der Waals surface area contributed by atoms with Gasteiger partial charge in [0.1, 0.15) is 0 Å². The monoisotopic (exact) mass is 241 g/mol. The summed E-state index contributed by atoms with van der Waals surface area (Å²) in [6, 6.07) is -0.157. The van der Waals surface area contributed by atoms with Crippen molar-refractivity contribution in [2.45, 2.75) is 6.04 Å². The average molecular weight is 242 g/mol. The molecule has 1 aliphatic heterocycles. The molecule has 0 amide bonds. The Morgan fingerprint density at radius 3 is 2.85 bits per heavy atom. The average Bonchev–Trinajstić information content (AvgIpc) is 2.41. The van der Waals surface area contributed by atoms with Gasteiger partial charge >= 0.3 is 0 Å². The van der Waals surface area contributed by atoms with Gasteiger partial charge in [0.05, 0.1) is 5.75 Å². The predicted octanol–water partition coefficient (Wildman–Crippen LogP) is 1.21. The van der Waals surface area contributed by atoms with Gasteiger partial charge < -0.3 is 5.32 Å². The van der Waals surface area contributed by atoms with Crippen LogP contribution in [0.1, 0.15) is 0 Å². The number of rotatable bonds is 3. The Kier molecular flexibility index (Phi) is 3.79. The van der Waals surface area contributed by atoms with E-state index in [2.05, 4.69) is 5.32 Å². The minimum Gasteiger partial charge on any atom is -0.304 e. The van der Waals surface area contributed by atoms with Gasteiger partial charge in [0.15, 0.2) is 9.84 Å². The first-order valence-corrected chi connectivity index (χ1v) is 6.15. The molecule has 1 atom stereocenters. The highest BCUT2D eigenvalue weighted by molar-refractivity contribution is 7.94. The Morgan fingerprint density at radius 1 is 1.69 bits per heavy atom. The van der Waals surface area contributed by atoms with Crippen LogP contribution in [0.4, 0.5) is 0 Å². The Balaban J connectivity index is 2.39. The van der Waals surface area contributed by atoms with E-state index in [1.165, 1.54) is 10.9 Å². The summed E-state index contributed by atoms with van der Waals surface area (Å²) < 4.78 is 21.9. The van der Waals surface area contributed by atoms with E-state index in [4.69, 9.17) is 23.2 Å². The Bertz CT molecular complexity index is 334. The number of sulfone groups is 1. The Morgan fingerprint density at radius 2 is 2.38 bits per heavy atom. The molecule has 6 heteroatoms. The fourth-order valence-electron chi connectivity index (χ4n) is 0.970. The van der Waals surface area contributed by atoms with Crippen LogP contribution in [0.5, 0.6) is 0 Å². The van der Waals surface area contributed by atoms with Crippen LogP contribution in [0.3, 0.4) is 0 Å². The molecular formula is C7H9Cl2NO2S. The zero-order valence-corrected chi connectivity index (χ0v) is 9.03. The van der Waals surface area contributed by atoms with Gasteiger partial charge in [-0.25, -0.2) is 8.42 Å². The van der Waals surface area contributed by atoms with E-state index >= 15 is 0 Å². The Hall–Kier alpha value is -0.0300. The van der Waals surface area contributed by atoms with Crippen molar-refractivity contribution in [2.24, 2.45) is 0 Å². The second-order valence-corrected chi connectivity index (χ2v) is 5.34. The van der Waals surface area contributed by atoms with E-state index < -0.39 is 9.84 Å².